The van der Waals surface area contributed by atoms with Crippen molar-refractivity contribution in [2.24, 2.45) is 7.05 Å². The first-order valence-electron chi connectivity index (χ1n) is 8.58. The Kier molecular flexibility index (Phi) is 4.13. The summed E-state index contributed by atoms with van der Waals surface area (Å²) in [5.41, 5.74) is 1.10. The molecule has 1 saturated heterocycles. The molecule has 1 atom stereocenters. The number of hydrogen-bond donors (Lipinski definition) is 0. The molecule has 8 heteroatoms. The van der Waals surface area contributed by atoms with Crippen molar-refractivity contribution in [2.75, 3.05) is 13.1 Å². The largest absolute Gasteiger partial charge is 0.416 e. The molecular weight excluding hydrogens is 357 g/mol. The predicted octanol–water partition coefficient (Wildman–Crippen LogP) is 3.62. The van der Waals surface area contributed by atoms with Crippen molar-refractivity contribution in [1.29, 1.82) is 0 Å². The van der Waals surface area contributed by atoms with Crippen LogP contribution >= 0.6 is 0 Å². The Hall–Kier alpha value is -2.90. The van der Waals surface area contributed by atoms with Crippen LogP contribution in [0.4, 0.5) is 13.2 Å². The van der Waals surface area contributed by atoms with Gasteiger partial charge in [-0.2, -0.15) is 13.2 Å². The zero-order valence-corrected chi connectivity index (χ0v) is 14.6. The maximum Gasteiger partial charge on any atom is 0.416 e. The number of halogens is 3. The molecule has 27 heavy (non-hydrogen) atoms. The lowest BCUT2D eigenvalue weighted by molar-refractivity contribution is -0.137. The van der Waals surface area contributed by atoms with Gasteiger partial charge in [-0.15, -0.1) is 0 Å². The first-order chi connectivity index (χ1) is 12.8. The van der Waals surface area contributed by atoms with Gasteiger partial charge in [0, 0.05) is 37.8 Å². The Morgan fingerprint density at radius 1 is 1.19 bits per heavy atom. The maximum absolute atomic E-state index is 12.7. The van der Waals surface area contributed by atoms with E-state index in [1.165, 1.54) is 12.1 Å². The molecule has 0 aliphatic carbocycles. The van der Waals surface area contributed by atoms with E-state index in [0.29, 0.717) is 13.1 Å². The van der Waals surface area contributed by atoms with Gasteiger partial charge in [0.05, 0.1) is 5.56 Å². The minimum Gasteiger partial charge on any atom is -0.338 e. The van der Waals surface area contributed by atoms with Gasteiger partial charge in [-0.1, -0.05) is 0 Å². The van der Waals surface area contributed by atoms with Crippen LogP contribution < -0.4 is 0 Å². The Morgan fingerprint density at radius 2 is 1.93 bits per heavy atom. The summed E-state index contributed by atoms with van der Waals surface area (Å²) in [6.45, 7) is 1.03. The molecule has 3 heterocycles. The average Bonchev–Trinajstić information content (AvgIpc) is 3.26. The average molecular weight is 374 g/mol. The summed E-state index contributed by atoms with van der Waals surface area (Å²) in [7, 11) is 1.90. The van der Waals surface area contributed by atoms with E-state index in [1.54, 1.807) is 11.1 Å². The highest BCUT2D eigenvalue weighted by Crippen LogP contribution is 2.31. The molecule has 0 unspecified atom stereocenters. The number of carbonyl (C=O) groups excluding carboxylic acids is 1. The smallest absolute Gasteiger partial charge is 0.338 e. The third-order valence-electron chi connectivity index (χ3n) is 4.96. The lowest BCUT2D eigenvalue weighted by atomic mass is 10.1. The van der Waals surface area contributed by atoms with Crippen LogP contribution in [0.25, 0.3) is 11.2 Å². The van der Waals surface area contributed by atoms with Gasteiger partial charge in [0.2, 0.25) is 0 Å². The Labute approximate surface area is 153 Å². The molecule has 0 radical (unpaired) electrons. The monoisotopic (exact) mass is 374 g/mol. The topological polar surface area (TPSA) is 51.0 Å². The molecule has 0 N–H and O–H groups in total. The van der Waals surface area contributed by atoms with Gasteiger partial charge in [0.15, 0.2) is 5.65 Å². The minimum absolute atomic E-state index is 0.0719. The fourth-order valence-corrected chi connectivity index (χ4v) is 3.55. The van der Waals surface area contributed by atoms with E-state index in [9.17, 15) is 18.0 Å². The molecule has 3 aromatic rings. The highest BCUT2D eigenvalue weighted by Gasteiger charge is 2.33. The van der Waals surface area contributed by atoms with Gasteiger partial charge in [0.25, 0.3) is 5.91 Å². The first-order valence-corrected chi connectivity index (χ1v) is 8.58. The van der Waals surface area contributed by atoms with Crippen molar-refractivity contribution in [3.8, 4) is 0 Å². The standard InChI is InChI=1S/C19H17F3N4O/c1-25-16(24-15-3-2-9-23-17(15)25)13-8-10-26(11-13)18(27)12-4-6-14(7-5-12)19(20,21)22/h2-7,9,13H,8,10-11H2,1H3/t13-/m0/s1. The van der Waals surface area contributed by atoms with Crippen molar-refractivity contribution >= 4 is 17.1 Å². The van der Waals surface area contributed by atoms with Gasteiger partial charge in [0.1, 0.15) is 11.3 Å². The molecule has 1 amide bonds. The van der Waals surface area contributed by atoms with Gasteiger partial charge in [-0.3, -0.25) is 4.79 Å². The number of amides is 1. The van der Waals surface area contributed by atoms with E-state index in [4.69, 9.17) is 0 Å². The number of carbonyl (C=O) groups is 1. The Morgan fingerprint density at radius 3 is 2.59 bits per heavy atom. The second-order valence-corrected chi connectivity index (χ2v) is 6.69. The van der Waals surface area contributed by atoms with Crippen LogP contribution in [0.3, 0.4) is 0 Å². The third kappa shape index (κ3) is 3.15. The molecule has 5 nitrogen and oxygen atoms in total. The number of aryl methyl sites for hydroxylation is 1. The molecule has 1 fully saturated rings. The second-order valence-electron chi connectivity index (χ2n) is 6.69. The van der Waals surface area contributed by atoms with Crippen LogP contribution in [0.1, 0.15) is 34.1 Å². The molecule has 0 bridgehead atoms. The van der Waals surface area contributed by atoms with E-state index in [0.717, 1.165) is 35.5 Å². The molecule has 0 saturated carbocycles. The zero-order valence-electron chi connectivity index (χ0n) is 14.6. The maximum atomic E-state index is 12.7. The summed E-state index contributed by atoms with van der Waals surface area (Å²) in [5.74, 6) is 0.678. The fraction of sp³-hybridized carbons (Fsp3) is 0.316. The summed E-state index contributed by atoms with van der Waals surface area (Å²) in [6.07, 6.45) is -1.94. The predicted molar refractivity (Wildman–Crippen MR) is 93.2 cm³/mol. The van der Waals surface area contributed by atoms with Gasteiger partial charge in [-0.25, -0.2) is 9.97 Å². The number of imidazole rings is 1. The van der Waals surface area contributed by atoms with Crippen molar-refractivity contribution in [2.45, 2.75) is 18.5 Å². The van der Waals surface area contributed by atoms with E-state index in [1.807, 2.05) is 23.7 Å². The number of likely N-dealkylation sites (tertiary alicyclic amines) is 1. The molecule has 0 spiro atoms. The van der Waals surface area contributed by atoms with Gasteiger partial charge in [-0.05, 0) is 42.8 Å². The van der Waals surface area contributed by atoms with E-state index < -0.39 is 11.7 Å². The number of nitrogens with zero attached hydrogens (tertiary/aromatic N) is 4. The summed E-state index contributed by atoms with van der Waals surface area (Å²) in [5, 5.41) is 0. The molecule has 1 aromatic carbocycles. The summed E-state index contributed by atoms with van der Waals surface area (Å²) < 4.78 is 40.0. The molecule has 140 valence electrons. The van der Waals surface area contributed by atoms with Crippen LogP contribution in [0.5, 0.6) is 0 Å². The SMILES string of the molecule is Cn1c([C@H]2CCN(C(=O)c3ccc(C(F)(F)F)cc3)C2)nc2cccnc21. The molecule has 4 rings (SSSR count). The van der Waals surface area contributed by atoms with Gasteiger partial charge >= 0.3 is 6.18 Å². The number of pyridine rings is 1. The van der Waals surface area contributed by atoms with E-state index >= 15 is 0 Å². The van der Waals surface area contributed by atoms with Crippen LogP contribution in [-0.4, -0.2) is 38.4 Å². The Bertz CT molecular complexity index is 994. The van der Waals surface area contributed by atoms with E-state index in [2.05, 4.69) is 9.97 Å². The van der Waals surface area contributed by atoms with Crippen LogP contribution in [-0.2, 0) is 13.2 Å². The summed E-state index contributed by atoms with van der Waals surface area (Å²) in [6, 6.07) is 8.07. The minimum atomic E-state index is -4.41. The summed E-state index contributed by atoms with van der Waals surface area (Å²) >= 11 is 0. The number of alkyl halides is 3. The first kappa shape index (κ1) is 17.5. The number of rotatable bonds is 2. The summed E-state index contributed by atoms with van der Waals surface area (Å²) in [4.78, 5) is 23.3. The molecular formula is C19H17F3N4O. The normalized spacial score (nSPS) is 17.6. The lowest BCUT2D eigenvalue weighted by Crippen LogP contribution is -2.28. The van der Waals surface area contributed by atoms with Crippen molar-refractivity contribution in [3.63, 3.8) is 0 Å². The molecule has 2 aromatic heterocycles. The number of hydrogen-bond acceptors (Lipinski definition) is 3. The second kappa shape index (κ2) is 6.37. The van der Waals surface area contributed by atoms with Crippen LogP contribution in [0.2, 0.25) is 0 Å². The number of aromatic nitrogens is 3. The van der Waals surface area contributed by atoms with Crippen LogP contribution in [0.15, 0.2) is 42.6 Å². The third-order valence-corrected chi connectivity index (χ3v) is 4.96. The van der Waals surface area contributed by atoms with Crippen molar-refractivity contribution < 1.29 is 18.0 Å². The molecule has 1 aliphatic heterocycles. The molecule has 1 aliphatic rings. The highest BCUT2D eigenvalue weighted by molar-refractivity contribution is 5.94. The quantitative estimate of drug-likeness (QED) is 0.689. The Balaban J connectivity index is 1.52. The van der Waals surface area contributed by atoms with Crippen molar-refractivity contribution in [1.82, 2.24) is 19.4 Å². The van der Waals surface area contributed by atoms with E-state index in [-0.39, 0.29) is 17.4 Å². The van der Waals surface area contributed by atoms with Gasteiger partial charge < -0.3 is 9.47 Å². The fourth-order valence-electron chi connectivity index (χ4n) is 3.55. The highest BCUT2D eigenvalue weighted by atomic mass is 19.4. The zero-order chi connectivity index (χ0) is 19.2. The van der Waals surface area contributed by atoms with Crippen LogP contribution in [0, 0.1) is 0 Å². The van der Waals surface area contributed by atoms with Crippen molar-refractivity contribution in [3.05, 3.63) is 59.5 Å². The number of benzene rings is 1. The lowest BCUT2D eigenvalue weighted by Gasteiger charge is -2.17. The number of fused-ring (bicyclic) bond motifs is 1.